The molecule has 0 bridgehead atoms. The average molecular weight is 403 g/mol. The highest BCUT2D eigenvalue weighted by Crippen LogP contribution is 2.29. The van der Waals surface area contributed by atoms with Crippen LogP contribution in [0.25, 0.3) is 10.2 Å². The predicted molar refractivity (Wildman–Crippen MR) is 104 cm³/mol. The Balaban J connectivity index is 1.48. The van der Waals surface area contributed by atoms with Crippen LogP contribution in [-0.4, -0.2) is 55.0 Å². The first-order chi connectivity index (χ1) is 12.9. The van der Waals surface area contributed by atoms with Crippen molar-refractivity contribution in [1.29, 1.82) is 0 Å². The molecule has 1 fully saturated rings. The molecule has 0 saturated carbocycles. The Labute approximate surface area is 160 Å². The van der Waals surface area contributed by atoms with Gasteiger partial charge in [-0.05, 0) is 36.4 Å². The SMILES string of the molecule is O=C(O)c1ccc(S(=O)(=O)N2CCN(c3nc4ccccc4s3)CC2)cc1. The number of anilines is 1. The molecule has 9 heteroatoms. The lowest BCUT2D eigenvalue weighted by molar-refractivity contribution is 0.0696. The van der Waals surface area contributed by atoms with Gasteiger partial charge in [0, 0.05) is 26.2 Å². The van der Waals surface area contributed by atoms with E-state index in [9.17, 15) is 13.2 Å². The van der Waals surface area contributed by atoms with Crippen LogP contribution in [0.1, 0.15) is 10.4 Å². The molecular weight excluding hydrogens is 386 g/mol. The molecule has 27 heavy (non-hydrogen) atoms. The molecule has 140 valence electrons. The van der Waals surface area contributed by atoms with E-state index in [4.69, 9.17) is 5.11 Å². The molecule has 1 aliphatic rings. The molecule has 0 spiro atoms. The van der Waals surface area contributed by atoms with E-state index < -0.39 is 16.0 Å². The van der Waals surface area contributed by atoms with Gasteiger partial charge in [-0.1, -0.05) is 23.5 Å². The fraction of sp³-hybridized carbons (Fsp3) is 0.222. The van der Waals surface area contributed by atoms with Crippen LogP contribution >= 0.6 is 11.3 Å². The number of fused-ring (bicyclic) bond motifs is 1. The fourth-order valence-electron chi connectivity index (χ4n) is 3.03. The number of carboxylic acids is 1. The van der Waals surface area contributed by atoms with Crippen LogP contribution < -0.4 is 4.90 Å². The van der Waals surface area contributed by atoms with E-state index in [2.05, 4.69) is 9.88 Å². The summed E-state index contributed by atoms with van der Waals surface area (Å²) in [6, 6.07) is 13.2. The average Bonchev–Trinajstić information content (AvgIpc) is 3.12. The fourth-order valence-corrected chi connectivity index (χ4v) is 5.47. The number of sulfonamides is 1. The maximum atomic E-state index is 12.8. The van der Waals surface area contributed by atoms with Crippen LogP contribution in [0.5, 0.6) is 0 Å². The summed E-state index contributed by atoms with van der Waals surface area (Å²) in [5, 5.41) is 9.85. The van der Waals surface area contributed by atoms with Crippen molar-refractivity contribution in [2.24, 2.45) is 0 Å². The molecule has 7 nitrogen and oxygen atoms in total. The Hall–Kier alpha value is -2.49. The number of rotatable bonds is 4. The zero-order valence-corrected chi connectivity index (χ0v) is 15.9. The third-order valence-corrected chi connectivity index (χ3v) is 7.54. The number of benzene rings is 2. The Morgan fingerprint density at radius 3 is 2.30 bits per heavy atom. The van der Waals surface area contributed by atoms with Crippen LogP contribution in [0.2, 0.25) is 0 Å². The van der Waals surface area contributed by atoms with E-state index >= 15 is 0 Å². The molecule has 0 aliphatic carbocycles. The normalized spacial score (nSPS) is 15.9. The number of piperazine rings is 1. The summed E-state index contributed by atoms with van der Waals surface area (Å²) in [4.78, 5) is 17.8. The van der Waals surface area contributed by atoms with Gasteiger partial charge in [0.25, 0.3) is 0 Å². The van der Waals surface area contributed by atoms with Crippen LogP contribution in [0, 0.1) is 0 Å². The van der Waals surface area contributed by atoms with Gasteiger partial charge in [0.05, 0.1) is 20.7 Å². The minimum atomic E-state index is -3.64. The number of carbonyl (C=O) groups is 1. The zero-order valence-electron chi connectivity index (χ0n) is 14.3. The van der Waals surface area contributed by atoms with Gasteiger partial charge in [-0.2, -0.15) is 4.31 Å². The molecule has 0 radical (unpaired) electrons. The third-order valence-electron chi connectivity index (χ3n) is 4.53. The molecule has 2 aromatic carbocycles. The minimum absolute atomic E-state index is 0.0644. The molecule has 0 unspecified atom stereocenters. The van der Waals surface area contributed by atoms with E-state index in [0.29, 0.717) is 26.2 Å². The maximum absolute atomic E-state index is 12.8. The number of hydrogen-bond donors (Lipinski definition) is 1. The van der Waals surface area contributed by atoms with E-state index in [1.165, 1.54) is 28.6 Å². The van der Waals surface area contributed by atoms with Gasteiger partial charge < -0.3 is 10.0 Å². The van der Waals surface area contributed by atoms with Gasteiger partial charge in [0.2, 0.25) is 10.0 Å². The second-order valence-corrected chi connectivity index (χ2v) is 9.13. The number of carboxylic acid groups (broad SMARTS) is 1. The topological polar surface area (TPSA) is 90.8 Å². The summed E-state index contributed by atoms with van der Waals surface area (Å²) >= 11 is 1.60. The highest BCUT2D eigenvalue weighted by molar-refractivity contribution is 7.89. The standard InChI is InChI=1S/C18H17N3O4S2/c22-17(23)13-5-7-14(8-6-13)27(24,25)21-11-9-20(10-12-21)18-19-15-3-1-2-4-16(15)26-18/h1-8H,9-12H2,(H,22,23). The number of hydrogen-bond acceptors (Lipinski definition) is 6. The number of aromatic carboxylic acids is 1. The molecule has 2 heterocycles. The zero-order chi connectivity index (χ0) is 19.0. The summed E-state index contributed by atoms with van der Waals surface area (Å²) in [6.07, 6.45) is 0. The molecule has 1 aliphatic heterocycles. The quantitative estimate of drug-likeness (QED) is 0.720. The van der Waals surface area contributed by atoms with Crippen LogP contribution in [-0.2, 0) is 10.0 Å². The van der Waals surface area contributed by atoms with Crippen molar-refractivity contribution in [3.63, 3.8) is 0 Å². The first-order valence-electron chi connectivity index (χ1n) is 8.39. The molecule has 1 saturated heterocycles. The number of para-hydroxylation sites is 1. The van der Waals surface area contributed by atoms with Gasteiger partial charge >= 0.3 is 5.97 Å². The van der Waals surface area contributed by atoms with Crippen LogP contribution in [0.4, 0.5) is 5.13 Å². The Bertz CT molecular complexity index is 1050. The molecule has 1 aromatic heterocycles. The summed E-state index contributed by atoms with van der Waals surface area (Å²) in [5.41, 5.74) is 1.01. The molecular formula is C18H17N3O4S2. The molecule has 3 aromatic rings. The highest BCUT2D eigenvalue weighted by Gasteiger charge is 2.29. The monoisotopic (exact) mass is 403 g/mol. The molecule has 1 N–H and O–H groups in total. The van der Waals surface area contributed by atoms with E-state index in [1.54, 1.807) is 11.3 Å². The van der Waals surface area contributed by atoms with Crippen molar-refractivity contribution in [2.45, 2.75) is 4.90 Å². The lowest BCUT2D eigenvalue weighted by atomic mass is 10.2. The largest absolute Gasteiger partial charge is 0.478 e. The van der Waals surface area contributed by atoms with Crippen molar-refractivity contribution >= 4 is 42.7 Å². The second kappa shape index (κ2) is 6.91. The van der Waals surface area contributed by atoms with Crippen molar-refractivity contribution in [2.75, 3.05) is 31.1 Å². The lowest BCUT2D eigenvalue weighted by Gasteiger charge is -2.33. The summed E-state index contributed by atoms with van der Waals surface area (Å²) < 4.78 is 28.1. The summed E-state index contributed by atoms with van der Waals surface area (Å²) in [6.45, 7) is 1.84. The summed E-state index contributed by atoms with van der Waals surface area (Å²) in [7, 11) is -3.64. The summed E-state index contributed by atoms with van der Waals surface area (Å²) in [5.74, 6) is -1.08. The molecule has 0 amide bonds. The van der Waals surface area contributed by atoms with Crippen LogP contribution in [0.15, 0.2) is 53.4 Å². The first kappa shape index (κ1) is 17.9. The van der Waals surface area contributed by atoms with Crippen molar-refractivity contribution in [3.05, 3.63) is 54.1 Å². The Kier molecular flexibility index (Phi) is 4.58. The first-order valence-corrected chi connectivity index (χ1v) is 10.6. The second-order valence-electron chi connectivity index (χ2n) is 6.18. The van der Waals surface area contributed by atoms with E-state index in [-0.39, 0.29) is 10.5 Å². The number of thiazole rings is 1. The highest BCUT2D eigenvalue weighted by atomic mass is 32.2. The Morgan fingerprint density at radius 2 is 1.67 bits per heavy atom. The van der Waals surface area contributed by atoms with Crippen molar-refractivity contribution in [1.82, 2.24) is 9.29 Å². The third kappa shape index (κ3) is 3.41. The Morgan fingerprint density at radius 1 is 1.00 bits per heavy atom. The lowest BCUT2D eigenvalue weighted by Crippen LogP contribution is -2.48. The van der Waals surface area contributed by atoms with Gasteiger partial charge in [0.15, 0.2) is 5.13 Å². The van der Waals surface area contributed by atoms with Crippen LogP contribution in [0.3, 0.4) is 0 Å². The van der Waals surface area contributed by atoms with E-state index in [0.717, 1.165) is 15.3 Å². The smallest absolute Gasteiger partial charge is 0.335 e. The van der Waals surface area contributed by atoms with Gasteiger partial charge in [-0.3, -0.25) is 0 Å². The van der Waals surface area contributed by atoms with E-state index in [1.807, 2.05) is 24.3 Å². The van der Waals surface area contributed by atoms with Crippen molar-refractivity contribution in [3.8, 4) is 0 Å². The van der Waals surface area contributed by atoms with Crippen molar-refractivity contribution < 1.29 is 18.3 Å². The van der Waals surface area contributed by atoms with Gasteiger partial charge in [0.1, 0.15) is 0 Å². The van der Waals surface area contributed by atoms with Gasteiger partial charge in [-0.15, -0.1) is 0 Å². The predicted octanol–water partition coefficient (Wildman–Crippen LogP) is 2.51. The maximum Gasteiger partial charge on any atom is 0.335 e. The molecule has 0 atom stereocenters. The number of aromatic nitrogens is 1. The van der Waals surface area contributed by atoms with Gasteiger partial charge in [-0.25, -0.2) is 18.2 Å². The minimum Gasteiger partial charge on any atom is -0.478 e. The molecule has 4 rings (SSSR count). The number of nitrogens with zero attached hydrogens (tertiary/aromatic N) is 3.